The highest BCUT2D eigenvalue weighted by molar-refractivity contribution is 5.23. The predicted molar refractivity (Wildman–Crippen MR) is 47.5 cm³/mol. The van der Waals surface area contributed by atoms with E-state index in [2.05, 4.69) is 25.2 Å². The van der Waals surface area contributed by atoms with Crippen molar-refractivity contribution in [1.82, 2.24) is 0 Å². The lowest BCUT2D eigenvalue weighted by atomic mass is 10.0. The monoisotopic (exact) mass is 152 g/mol. The van der Waals surface area contributed by atoms with E-state index >= 15 is 0 Å². The maximum absolute atomic E-state index is 5.44. The van der Waals surface area contributed by atoms with Crippen LogP contribution in [0.3, 0.4) is 0 Å². The van der Waals surface area contributed by atoms with Gasteiger partial charge < -0.3 is 4.74 Å². The summed E-state index contributed by atoms with van der Waals surface area (Å²) in [6, 6.07) is 0. The van der Waals surface area contributed by atoms with Gasteiger partial charge in [0, 0.05) is 6.61 Å². The van der Waals surface area contributed by atoms with Crippen LogP contribution in [0.25, 0.3) is 0 Å². The fourth-order valence-corrected chi connectivity index (χ4v) is 1.24. The Bertz CT molecular complexity index is 168. The van der Waals surface area contributed by atoms with E-state index in [1.54, 1.807) is 0 Å². The van der Waals surface area contributed by atoms with Gasteiger partial charge in [-0.05, 0) is 19.8 Å². The first kappa shape index (κ1) is 8.54. The Morgan fingerprint density at radius 3 is 2.82 bits per heavy atom. The summed E-state index contributed by atoms with van der Waals surface area (Å²) in [7, 11) is 0. The SMILES string of the molecule is CCOC1C=CC(CC)=CC1. The van der Waals surface area contributed by atoms with Gasteiger partial charge >= 0.3 is 0 Å². The largest absolute Gasteiger partial charge is 0.374 e. The lowest BCUT2D eigenvalue weighted by Crippen LogP contribution is -2.10. The molecule has 62 valence electrons. The Morgan fingerprint density at radius 2 is 2.36 bits per heavy atom. The van der Waals surface area contributed by atoms with Gasteiger partial charge in [-0.15, -0.1) is 0 Å². The van der Waals surface area contributed by atoms with Gasteiger partial charge in [-0.25, -0.2) is 0 Å². The second-order valence-electron chi connectivity index (χ2n) is 2.72. The molecule has 1 heteroatoms. The molecule has 0 heterocycles. The van der Waals surface area contributed by atoms with Crippen molar-refractivity contribution < 1.29 is 4.74 Å². The van der Waals surface area contributed by atoms with Crippen molar-refractivity contribution in [3.63, 3.8) is 0 Å². The van der Waals surface area contributed by atoms with E-state index in [9.17, 15) is 0 Å². The molecule has 1 aliphatic rings. The maximum atomic E-state index is 5.44. The molecule has 1 rings (SSSR count). The van der Waals surface area contributed by atoms with Crippen LogP contribution in [0.2, 0.25) is 0 Å². The van der Waals surface area contributed by atoms with Crippen LogP contribution in [0.5, 0.6) is 0 Å². The molecule has 0 spiro atoms. The van der Waals surface area contributed by atoms with Crippen LogP contribution in [0.15, 0.2) is 23.8 Å². The average molecular weight is 152 g/mol. The maximum Gasteiger partial charge on any atom is 0.0793 e. The third-order valence-corrected chi connectivity index (χ3v) is 1.93. The van der Waals surface area contributed by atoms with Crippen molar-refractivity contribution in [3.8, 4) is 0 Å². The zero-order chi connectivity index (χ0) is 8.10. The van der Waals surface area contributed by atoms with Crippen LogP contribution in [0.4, 0.5) is 0 Å². The fourth-order valence-electron chi connectivity index (χ4n) is 1.24. The van der Waals surface area contributed by atoms with Gasteiger partial charge in [0.2, 0.25) is 0 Å². The highest BCUT2D eigenvalue weighted by Gasteiger charge is 2.06. The van der Waals surface area contributed by atoms with Gasteiger partial charge in [-0.3, -0.25) is 0 Å². The minimum atomic E-state index is 0.329. The lowest BCUT2D eigenvalue weighted by Gasteiger charge is -2.14. The second kappa shape index (κ2) is 4.35. The van der Waals surface area contributed by atoms with Gasteiger partial charge in [-0.1, -0.05) is 30.7 Å². The predicted octanol–water partition coefficient (Wildman–Crippen LogP) is 2.69. The summed E-state index contributed by atoms with van der Waals surface area (Å²) in [6.45, 7) is 5.02. The molecule has 0 aromatic heterocycles. The molecule has 0 radical (unpaired) electrons. The summed E-state index contributed by atoms with van der Waals surface area (Å²) in [5, 5.41) is 0. The van der Waals surface area contributed by atoms with E-state index in [0.29, 0.717) is 6.10 Å². The van der Waals surface area contributed by atoms with Crippen molar-refractivity contribution in [1.29, 1.82) is 0 Å². The third-order valence-electron chi connectivity index (χ3n) is 1.93. The van der Waals surface area contributed by atoms with E-state index in [4.69, 9.17) is 4.74 Å². The zero-order valence-corrected chi connectivity index (χ0v) is 7.34. The first-order valence-electron chi connectivity index (χ1n) is 4.35. The molecule has 11 heavy (non-hydrogen) atoms. The summed E-state index contributed by atoms with van der Waals surface area (Å²) < 4.78 is 5.44. The summed E-state index contributed by atoms with van der Waals surface area (Å²) in [6.07, 6.45) is 9.10. The Morgan fingerprint density at radius 1 is 1.55 bits per heavy atom. The van der Waals surface area contributed by atoms with Crippen molar-refractivity contribution in [3.05, 3.63) is 23.8 Å². The van der Waals surface area contributed by atoms with Gasteiger partial charge in [0.25, 0.3) is 0 Å². The van der Waals surface area contributed by atoms with Crippen LogP contribution in [0, 0.1) is 0 Å². The van der Waals surface area contributed by atoms with Gasteiger partial charge in [0.1, 0.15) is 0 Å². The van der Waals surface area contributed by atoms with Crippen molar-refractivity contribution in [2.24, 2.45) is 0 Å². The standard InChI is InChI=1S/C10H16O/c1-3-9-5-7-10(8-6-9)11-4-2/h5-7,10H,3-4,8H2,1-2H3. The number of allylic oxidation sites excluding steroid dienone is 2. The minimum Gasteiger partial charge on any atom is -0.374 e. The summed E-state index contributed by atoms with van der Waals surface area (Å²) in [5.74, 6) is 0. The van der Waals surface area contributed by atoms with Crippen LogP contribution in [-0.4, -0.2) is 12.7 Å². The number of hydrogen-bond donors (Lipinski definition) is 0. The molecule has 0 aliphatic heterocycles. The Labute approximate surface area is 68.8 Å². The van der Waals surface area contributed by atoms with Gasteiger partial charge in [0.15, 0.2) is 0 Å². The Hall–Kier alpha value is -0.560. The Kier molecular flexibility index (Phi) is 3.37. The van der Waals surface area contributed by atoms with Crippen molar-refractivity contribution in [2.45, 2.75) is 32.8 Å². The molecule has 0 amide bonds. The molecule has 1 aliphatic carbocycles. The number of ether oxygens (including phenoxy) is 1. The highest BCUT2D eigenvalue weighted by Crippen LogP contribution is 2.15. The lowest BCUT2D eigenvalue weighted by molar-refractivity contribution is 0.0975. The first-order chi connectivity index (χ1) is 5.36. The molecule has 0 aromatic carbocycles. The topological polar surface area (TPSA) is 9.23 Å². The molecule has 0 fully saturated rings. The van der Waals surface area contributed by atoms with Crippen LogP contribution in [-0.2, 0) is 4.74 Å². The average Bonchev–Trinajstić information content (AvgIpc) is 2.07. The van der Waals surface area contributed by atoms with Gasteiger partial charge in [0.05, 0.1) is 6.10 Å². The molecular formula is C10H16O. The zero-order valence-electron chi connectivity index (χ0n) is 7.34. The molecule has 0 aromatic rings. The smallest absolute Gasteiger partial charge is 0.0793 e. The number of hydrogen-bond acceptors (Lipinski definition) is 1. The molecule has 1 unspecified atom stereocenters. The summed E-state index contributed by atoms with van der Waals surface area (Å²) in [5.41, 5.74) is 1.43. The molecule has 0 N–H and O–H groups in total. The molecule has 0 saturated heterocycles. The van der Waals surface area contributed by atoms with E-state index in [1.165, 1.54) is 5.57 Å². The van der Waals surface area contributed by atoms with E-state index in [-0.39, 0.29) is 0 Å². The van der Waals surface area contributed by atoms with E-state index in [1.807, 2.05) is 6.92 Å². The summed E-state index contributed by atoms with van der Waals surface area (Å²) in [4.78, 5) is 0. The molecule has 1 atom stereocenters. The van der Waals surface area contributed by atoms with Crippen molar-refractivity contribution in [2.75, 3.05) is 6.61 Å². The molecule has 0 saturated carbocycles. The van der Waals surface area contributed by atoms with Crippen LogP contribution in [0.1, 0.15) is 26.7 Å². The quantitative estimate of drug-likeness (QED) is 0.604. The van der Waals surface area contributed by atoms with Crippen LogP contribution < -0.4 is 0 Å². The normalized spacial score (nSPS) is 23.5. The van der Waals surface area contributed by atoms with Gasteiger partial charge in [-0.2, -0.15) is 0 Å². The van der Waals surface area contributed by atoms with Crippen LogP contribution >= 0.6 is 0 Å². The Balaban J connectivity index is 2.37. The molecule has 0 bridgehead atoms. The van der Waals surface area contributed by atoms with Crippen molar-refractivity contribution >= 4 is 0 Å². The third kappa shape index (κ3) is 2.51. The highest BCUT2D eigenvalue weighted by atomic mass is 16.5. The number of rotatable bonds is 3. The van der Waals surface area contributed by atoms with E-state index in [0.717, 1.165) is 19.4 Å². The first-order valence-corrected chi connectivity index (χ1v) is 4.35. The molecular weight excluding hydrogens is 136 g/mol. The second-order valence-corrected chi connectivity index (χ2v) is 2.72. The molecule has 1 nitrogen and oxygen atoms in total. The minimum absolute atomic E-state index is 0.329. The fraction of sp³-hybridized carbons (Fsp3) is 0.600. The van der Waals surface area contributed by atoms with E-state index < -0.39 is 0 Å². The summed E-state index contributed by atoms with van der Waals surface area (Å²) >= 11 is 0.